The van der Waals surface area contributed by atoms with E-state index < -0.39 is 33.7 Å². The molecule has 0 aliphatic heterocycles. The second-order valence-electron chi connectivity index (χ2n) is 5.68. The summed E-state index contributed by atoms with van der Waals surface area (Å²) in [5.41, 5.74) is -1.55. The van der Waals surface area contributed by atoms with Crippen LogP contribution in [0.25, 0.3) is 0 Å². The normalized spacial score (nSPS) is 17.6. The Balaban J connectivity index is 1.93. The van der Waals surface area contributed by atoms with Crippen molar-refractivity contribution in [2.45, 2.75) is 31.7 Å². The summed E-state index contributed by atoms with van der Waals surface area (Å²) in [6.07, 6.45) is 3.75. The molecule has 1 amide bonds. The molecule has 2 aliphatic rings. The average Bonchev–Trinajstić information content (AvgIpc) is 3.29. The van der Waals surface area contributed by atoms with Gasteiger partial charge in [0.25, 0.3) is 5.91 Å². The minimum absolute atomic E-state index is 0.0554. The van der Waals surface area contributed by atoms with Crippen molar-refractivity contribution in [1.82, 2.24) is 4.90 Å². The number of benzene rings is 1. The van der Waals surface area contributed by atoms with Crippen LogP contribution in [-0.4, -0.2) is 28.3 Å². The monoisotopic (exact) mass is 296 g/mol. The van der Waals surface area contributed by atoms with Gasteiger partial charge in [-0.1, -0.05) is 0 Å². The maximum Gasteiger partial charge on any atom is 0.308 e. The van der Waals surface area contributed by atoms with Crippen molar-refractivity contribution in [3.8, 4) is 0 Å². The zero-order valence-electron chi connectivity index (χ0n) is 11.2. The molecule has 3 rings (SSSR count). The van der Waals surface area contributed by atoms with Gasteiger partial charge in [-0.25, -0.2) is 4.39 Å². The molecule has 0 saturated heterocycles. The first-order chi connectivity index (χ1) is 9.97. The number of hydrogen-bond acceptors (Lipinski definition) is 3. The fourth-order valence-corrected chi connectivity index (χ4v) is 2.38. The molecular weight excluding hydrogens is 282 g/mol. The number of amides is 1. The third-order valence-corrected chi connectivity index (χ3v) is 3.85. The number of carbonyl (C=O) groups is 1. The molecule has 0 aromatic heterocycles. The quantitative estimate of drug-likeness (QED) is 0.620. The van der Waals surface area contributed by atoms with E-state index in [2.05, 4.69) is 0 Å². The van der Waals surface area contributed by atoms with Crippen LogP contribution in [0.15, 0.2) is 12.1 Å². The number of halogens is 2. The Bertz CT molecular complexity index is 612. The van der Waals surface area contributed by atoms with Gasteiger partial charge in [0.15, 0.2) is 0 Å². The topological polar surface area (TPSA) is 63.4 Å². The number of rotatable bonds is 5. The lowest BCUT2D eigenvalue weighted by atomic mass is 10.1. The number of nitrogens with zero attached hydrogens (tertiary/aromatic N) is 2. The van der Waals surface area contributed by atoms with E-state index in [1.54, 1.807) is 4.90 Å². The molecule has 2 saturated carbocycles. The first-order valence-electron chi connectivity index (χ1n) is 6.91. The largest absolute Gasteiger partial charge is 0.335 e. The predicted molar refractivity (Wildman–Crippen MR) is 69.8 cm³/mol. The van der Waals surface area contributed by atoms with Gasteiger partial charge in [-0.3, -0.25) is 14.9 Å². The summed E-state index contributed by atoms with van der Waals surface area (Å²) in [5.74, 6) is -2.47. The van der Waals surface area contributed by atoms with Gasteiger partial charge in [0.1, 0.15) is 5.82 Å². The summed E-state index contributed by atoms with van der Waals surface area (Å²) < 4.78 is 27.5. The van der Waals surface area contributed by atoms with E-state index in [-0.39, 0.29) is 6.04 Å². The molecule has 0 spiro atoms. The zero-order chi connectivity index (χ0) is 15.1. The van der Waals surface area contributed by atoms with Crippen molar-refractivity contribution in [2.24, 2.45) is 5.92 Å². The Morgan fingerprint density at radius 3 is 2.48 bits per heavy atom. The minimum Gasteiger partial charge on any atom is -0.335 e. The first-order valence-corrected chi connectivity index (χ1v) is 6.91. The zero-order valence-corrected chi connectivity index (χ0v) is 11.2. The van der Waals surface area contributed by atoms with Gasteiger partial charge in [0.05, 0.1) is 16.6 Å². The van der Waals surface area contributed by atoms with Gasteiger partial charge in [0, 0.05) is 12.6 Å². The molecule has 112 valence electrons. The van der Waals surface area contributed by atoms with Crippen molar-refractivity contribution >= 4 is 11.6 Å². The van der Waals surface area contributed by atoms with Crippen LogP contribution in [0.2, 0.25) is 0 Å². The first kappa shape index (κ1) is 13.9. The molecular formula is C14H14F2N2O3. The summed E-state index contributed by atoms with van der Waals surface area (Å²) >= 11 is 0. The van der Waals surface area contributed by atoms with E-state index in [4.69, 9.17) is 0 Å². The highest BCUT2D eigenvalue weighted by molar-refractivity contribution is 5.95. The van der Waals surface area contributed by atoms with Crippen LogP contribution in [0.1, 0.15) is 36.0 Å². The van der Waals surface area contributed by atoms with Crippen LogP contribution in [-0.2, 0) is 0 Å². The summed E-state index contributed by atoms with van der Waals surface area (Å²) in [6.45, 7) is 0.521. The van der Waals surface area contributed by atoms with E-state index in [1.807, 2.05) is 0 Å². The van der Waals surface area contributed by atoms with Crippen molar-refractivity contribution in [3.05, 3.63) is 39.4 Å². The molecule has 2 aliphatic carbocycles. The molecule has 2 fully saturated rings. The Labute approximate surface area is 119 Å². The van der Waals surface area contributed by atoms with E-state index in [9.17, 15) is 23.7 Å². The Morgan fingerprint density at radius 1 is 1.29 bits per heavy atom. The Morgan fingerprint density at radius 2 is 1.95 bits per heavy atom. The molecule has 0 N–H and O–H groups in total. The summed E-state index contributed by atoms with van der Waals surface area (Å²) in [5, 5.41) is 10.7. The third kappa shape index (κ3) is 2.86. The molecule has 21 heavy (non-hydrogen) atoms. The van der Waals surface area contributed by atoms with E-state index in [1.165, 1.54) is 0 Å². The summed E-state index contributed by atoms with van der Waals surface area (Å²) in [7, 11) is 0. The fraction of sp³-hybridized carbons (Fsp3) is 0.500. The molecule has 0 unspecified atom stereocenters. The van der Waals surface area contributed by atoms with Gasteiger partial charge in [-0.05, 0) is 37.7 Å². The number of hydrogen-bond donors (Lipinski definition) is 0. The van der Waals surface area contributed by atoms with Crippen LogP contribution in [0, 0.1) is 27.7 Å². The molecule has 0 radical (unpaired) electrons. The summed E-state index contributed by atoms with van der Waals surface area (Å²) in [6, 6.07) is 1.29. The van der Waals surface area contributed by atoms with Gasteiger partial charge in [0.2, 0.25) is 5.82 Å². The molecule has 0 bridgehead atoms. The second-order valence-corrected chi connectivity index (χ2v) is 5.68. The van der Waals surface area contributed by atoms with Gasteiger partial charge < -0.3 is 4.90 Å². The maximum absolute atomic E-state index is 14.1. The maximum atomic E-state index is 14.1. The Kier molecular flexibility index (Phi) is 3.35. The number of carbonyl (C=O) groups excluding carboxylic acids is 1. The van der Waals surface area contributed by atoms with Gasteiger partial charge in [-0.15, -0.1) is 0 Å². The van der Waals surface area contributed by atoms with Crippen molar-refractivity contribution < 1.29 is 18.5 Å². The molecule has 5 nitrogen and oxygen atoms in total. The van der Waals surface area contributed by atoms with Crippen LogP contribution < -0.4 is 0 Å². The molecule has 1 aromatic carbocycles. The van der Waals surface area contributed by atoms with Gasteiger partial charge >= 0.3 is 5.69 Å². The fourth-order valence-electron chi connectivity index (χ4n) is 2.38. The lowest BCUT2D eigenvalue weighted by molar-refractivity contribution is -0.387. The summed E-state index contributed by atoms with van der Waals surface area (Å²) in [4.78, 5) is 23.7. The highest BCUT2D eigenvalue weighted by Gasteiger charge is 2.38. The lowest BCUT2D eigenvalue weighted by Crippen LogP contribution is -2.35. The molecule has 0 heterocycles. The highest BCUT2D eigenvalue weighted by atomic mass is 19.1. The molecule has 0 atom stereocenters. The van der Waals surface area contributed by atoms with Crippen LogP contribution in [0.4, 0.5) is 14.5 Å². The minimum atomic E-state index is -1.26. The molecule has 7 heteroatoms. The van der Waals surface area contributed by atoms with E-state index in [0.29, 0.717) is 18.5 Å². The van der Waals surface area contributed by atoms with Crippen LogP contribution >= 0.6 is 0 Å². The van der Waals surface area contributed by atoms with Crippen molar-refractivity contribution in [2.75, 3.05) is 6.54 Å². The SMILES string of the molecule is O=C(c1cc(F)cc([N+](=O)[O-])c1F)N(CC1CC1)C1CC1. The lowest BCUT2D eigenvalue weighted by Gasteiger charge is -2.22. The van der Waals surface area contributed by atoms with Crippen molar-refractivity contribution in [3.63, 3.8) is 0 Å². The predicted octanol–water partition coefficient (Wildman–Crippen LogP) is 2.89. The van der Waals surface area contributed by atoms with Crippen LogP contribution in [0.5, 0.6) is 0 Å². The Hall–Kier alpha value is -2.05. The van der Waals surface area contributed by atoms with Gasteiger partial charge in [-0.2, -0.15) is 4.39 Å². The number of nitro benzene ring substituents is 1. The molecule has 1 aromatic rings. The second kappa shape index (κ2) is 5.05. The number of nitro groups is 1. The van der Waals surface area contributed by atoms with E-state index >= 15 is 0 Å². The highest BCUT2D eigenvalue weighted by Crippen LogP contribution is 2.36. The van der Waals surface area contributed by atoms with Crippen molar-refractivity contribution in [1.29, 1.82) is 0 Å². The van der Waals surface area contributed by atoms with Crippen LogP contribution in [0.3, 0.4) is 0 Å². The standard InChI is InChI=1S/C14H14F2N2O3/c15-9-5-11(13(16)12(6-9)18(20)21)14(19)17(10-3-4-10)7-8-1-2-8/h5-6,8,10H,1-4,7H2. The third-order valence-electron chi connectivity index (χ3n) is 3.85. The average molecular weight is 296 g/mol. The smallest absolute Gasteiger partial charge is 0.308 e. The van der Waals surface area contributed by atoms with E-state index in [0.717, 1.165) is 31.7 Å².